The Hall–Kier alpha value is -0.150. The van der Waals surface area contributed by atoms with Crippen molar-refractivity contribution in [3.8, 4) is 5.75 Å². The summed E-state index contributed by atoms with van der Waals surface area (Å²) in [5, 5.41) is 0.981. The zero-order valence-corrected chi connectivity index (χ0v) is 10.9. The summed E-state index contributed by atoms with van der Waals surface area (Å²) < 4.78 is 5.73. The molecule has 1 nitrogen and oxygen atoms in total. The van der Waals surface area contributed by atoms with Crippen molar-refractivity contribution >= 4 is 27.7 Å². The van der Waals surface area contributed by atoms with Gasteiger partial charge in [-0.15, -0.1) is 11.8 Å². The van der Waals surface area contributed by atoms with Crippen molar-refractivity contribution in [3.05, 3.63) is 24.3 Å². The number of benzene rings is 1. The molecule has 1 atom stereocenters. The molecule has 0 aromatic heterocycles. The molecule has 78 valence electrons. The first-order valence-electron chi connectivity index (χ1n) is 4.59. The van der Waals surface area contributed by atoms with Crippen LogP contribution in [0.15, 0.2) is 29.2 Å². The van der Waals surface area contributed by atoms with Crippen molar-refractivity contribution in [1.29, 1.82) is 0 Å². The average molecular weight is 275 g/mol. The molecule has 0 spiro atoms. The lowest BCUT2D eigenvalue weighted by Crippen LogP contribution is -2.09. The Morgan fingerprint density at radius 1 is 1.43 bits per heavy atom. The number of hydrogen-bond donors (Lipinski definition) is 0. The third-order valence-electron chi connectivity index (χ3n) is 1.86. The molecule has 0 N–H and O–H groups in total. The van der Waals surface area contributed by atoms with Gasteiger partial charge < -0.3 is 4.74 Å². The zero-order valence-electron chi connectivity index (χ0n) is 8.50. The summed E-state index contributed by atoms with van der Waals surface area (Å²) in [5.41, 5.74) is 0. The van der Waals surface area contributed by atoms with Gasteiger partial charge in [-0.3, -0.25) is 0 Å². The fourth-order valence-electron chi connectivity index (χ4n) is 1.01. The van der Waals surface area contributed by atoms with Gasteiger partial charge in [0.2, 0.25) is 0 Å². The Labute approximate surface area is 98.4 Å². The molecule has 0 saturated heterocycles. The first-order chi connectivity index (χ1) is 6.77. The van der Waals surface area contributed by atoms with E-state index in [9.17, 15) is 0 Å². The Kier molecular flexibility index (Phi) is 5.41. The highest BCUT2D eigenvalue weighted by Crippen LogP contribution is 2.27. The number of thioether (sulfide) groups is 1. The lowest BCUT2D eigenvalue weighted by atomic mass is 10.2. The summed E-state index contributed by atoms with van der Waals surface area (Å²) in [7, 11) is 0. The summed E-state index contributed by atoms with van der Waals surface area (Å²) in [6.07, 6.45) is 2.07. The van der Waals surface area contributed by atoms with E-state index in [0.717, 1.165) is 17.7 Å². The second kappa shape index (κ2) is 6.36. The van der Waals surface area contributed by atoms with Gasteiger partial charge in [0.1, 0.15) is 5.75 Å². The SMILES string of the molecule is CSc1ccccc1OCC(C)CBr. The van der Waals surface area contributed by atoms with Gasteiger partial charge in [0.15, 0.2) is 0 Å². The molecule has 1 unspecified atom stereocenters. The van der Waals surface area contributed by atoms with Crippen LogP contribution in [0.5, 0.6) is 5.75 Å². The van der Waals surface area contributed by atoms with Crippen LogP contribution < -0.4 is 4.74 Å². The maximum Gasteiger partial charge on any atom is 0.132 e. The van der Waals surface area contributed by atoms with Gasteiger partial charge in [-0.25, -0.2) is 0 Å². The standard InChI is InChI=1S/C11H15BrOS/c1-9(7-12)8-13-10-5-3-4-6-11(10)14-2/h3-6,9H,7-8H2,1-2H3. The monoisotopic (exact) mass is 274 g/mol. The lowest BCUT2D eigenvalue weighted by molar-refractivity contribution is 0.268. The van der Waals surface area contributed by atoms with Crippen molar-refractivity contribution in [1.82, 2.24) is 0 Å². The molecule has 0 aliphatic carbocycles. The molecule has 1 aromatic rings. The molecular formula is C11H15BrOS. The lowest BCUT2D eigenvalue weighted by Gasteiger charge is -2.12. The van der Waals surface area contributed by atoms with Crippen LogP contribution in [0, 0.1) is 5.92 Å². The highest BCUT2D eigenvalue weighted by Gasteiger charge is 2.04. The molecule has 0 aliphatic heterocycles. The molecule has 0 radical (unpaired) electrons. The second-order valence-corrected chi connectivity index (χ2v) is 4.72. The summed E-state index contributed by atoms with van der Waals surface area (Å²) >= 11 is 5.16. The minimum absolute atomic E-state index is 0.546. The molecule has 0 aliphatic rings. The van der Waals surface area contributed by atoms with Crippen LogP contribution in [0.25, 0.3) is 0 Å². The fraction of sp³-hybridized carbons (Fsp3) is 0.455. The largest absolute Gasteiger partial charge is 0.492 e. The van der Waals surface area contributed by atoms with Crippen LogP contribution in [0.2, 0.25) is 0 Å². The molecule has 0 heterocycles. The highest BCUT2D eigenvalue weighted by atomic mass is 79.9. The van der Waals surface area contributed by atoms with Crippen molar-refractivity contribution < 1.29 is 4.74 Å². The number of ether oxygens (including phenoxy) is 1. The van der Waals surface area contributed by atoms with Crippen molar-refractivity contribution in [3.63, 3.8) is 0 Å². The van der Waals surface area contributed by atoms with Gasteiger partial charge in [-0.1, -0.05) is 35.0 Å². The van der Waals surface area contributed by atoms with Gasteiger partial charge in [0.05, 0.1) is 6.61 Å². The quantitative estimate of drug-likeness (QED) is 0.597. The number of halogens is 1. The van der Waals surface area contributed by atoms with E-state index < -0.39 is 0 Å². The van der Waals surface area contributed by atoms with E-state index in [1.54, 1.807) is 11.8 Å². The predicted octanol–water partition coefficient (Wildman–Crippen LogP) is 3.82. The van der Waals surface area contributed by atoms with Gasteiger partial charge in [0, 0.05) is 10.2 Å². The minimum Gasteiger partial charge on any atom is -0.492 e. The van der Waals surface area contributed by atoms with Gasteiger partial charge in [0.25, 0.3) is 0 Å². The molecule has 0 saturated carbocycles. The highest BCUT2D eigenvalue weighted by molar-refractivity contribution is 9.09. The van der Waals surface area contributed by atoms with Crippen LogP contribution in [0.3, 0.4) is 0 Å². The molecule has 1 aromatic carbocycles. The van der Waals surface area contributed by atoms with Gasteiger partial charge >= 0.3 is 0 Å². The van der Waals surface area contributed by atoms with E-state index in [0.29, 0.717) is 5.92 Å². The van der Waals surface area contributed by atoms with Crippen molar-refractivity contribution in [2.75, 3.05) is 18.2 Å². The fourth-order valence-corrected chi connectivity index (χ4v) is 1.74. The van der Waals surface area contributed by atoms with E-state index in [2.05, 4.69) is 35.2 Å². The summed E-state index contributed by atoms with van der Waals surface area (Å²) in [6, 6.07) is 8.14. The van der Waals surface area contributed by atoms with E-state index in [-0.39, 0.29) is 0 Å². The van der Waals surface area contributed by atoms with E-state index in [4.69, 9.17) is 4.74 Å². The normalized spacial score (nSPS) is 12.5. The zero-order chi connectivity index (χ0) is 10.4. The van der Waals surface area contributed by atoms with Crippen LogP contribution in [-0.2, 0) is 0 Å². The van der Waals surface area contributed by atoms with E-state index in [1.165, 1.54) is 4.90 Å². The smallest absolute Gasteiger partial charge is 0.132 e. The molecule has 3 heteroatoms. The van der Waals surface area contributed by atoms with E-state index >= 15 is 0 Å². The molecule has 0 bridgehead atoms. The van der Waals surface area contributed by atoms with Crippen molar-refractivity contribution in [2.24, 2.45) is 5.92 Å². The van der Waals surface area contributed by atoms with E-state index in [1.807, 2.05) is 18.2 Å². The Morgan fingerprint density at radius 3 is 2.79 bits per heavy atom. The van der Waals surface area contributed by atoms with Crippen LogP contribution in [0.1, 0.15) is 6.92 Å². The first kappa shape index (κ1) is 11.9. The molecule has 0 fully saturated rings. The van der Waals surface area contributed by atoms with Gasteiger partial charge in [-0.2, -0.15) is 0 Å². The molecule has 14 heavy (non-hydrogen) atoms. The number of hydrogen-bond acceptors (Lipinski definition) is 2. The van der Waals surface area contributed by atoms with Crippen molar-refractivity contribution in [2.45, 2.75) is 11.8 Å². The van der Waals surface area contributed by atoms with Crippen LogP contribution >= 0.6 is 27.7 Å². The summed E-state index contributed by atoms with van der Waals surface area (Å²) in [5.74, 6) is 1.54. The van der Waals surface area contributed by atoms with Gasteiger partial charge in [-0.05, 0) is 24.3 Å². The predicted molar refractivity (Wildman–Crippen MR) is 66.7 cm³/mol. The molecule has 0 amide bonds. The Balaban J connectivity index is 2.57. The molecular weight excluding hydrogens is 260 g/mol. The Bertz CT molecular complexity index is 278. The number of para-hydroxylation sites is 1. The second-order valence-electron chi connectivity index (χ2n) is 3.22. The third-order valence-corrected chi connectivity index (χ3v) is 3.74. The average Bonchev–Trinajstić information content (AvgIpc) is 2.26. The molecule has 1 rings (SSSR count). The summed E-state index contributed by atoms with van der Waals surface area (Å²) in [6.45, 7) is 2.93. The first-order valence-corrected chi connectivity index (χ1v) is 6.94. The van der Waals surface area contributed by atoms with Crippen LogP contribution in [0.4, 0.5) is 0 Å². The van der Waals surface area contributed by atoms with Crippen LogP contribution in [-0.4, -0.2) is 18.2 Å². The summed E-state index contributed by atoms with van der Waals surface area (Å²) in [4.78, 5) is 1.20. The third kappa shape index (κ3) is 3.54. The number of alkyl halides is 1. The maximum atomic E-state index is 5.73. The number of rotatable bonds is 5. The Morgan fingerprint density at radius 2 is 2.14 bits per heavy atom. The maximum absolute atomic E-state index is 5.73. The topological polar surface area (TPSA) is 9.23 Å². The minimum atomic E-state index is 0.546.